The fraction of sp³-hybridized carbons (Fsp3) is 0.533. The Labute approximate surface area is 121 Å². The highest BCUT2D eigenvalue weighted by molar-refractivity contribution is 7.80. The lowest BCUT2D eigenvalue weighted by atomic mass is 10.1. The number of amides is 1. The summed E-state index contributed by atoms with van der Waals surface area (Å²) in [5.41, 5.74) is 1.93. The molecule has 1 rings (SSSR count). The van der Waals surface area contributed by atoms with Crippen LogP contribution in [0.4, 0.5) is 4.79 Å². The molecule has 1 aromatic carbocycles. The summed E-state index contributed by atoms with van der Waals surface area (Å²) < 4.78 is 5.25. The number of hydrogen-bond donors (Lipinski definition) is 2. The zero-order valence-electron chi connectivity index (χ0n) is 12.1. The summed E-state index contributed by atoms with van der Waals surface area (Å²) in [5.74, 6) is 0.577. The number of carbonyl (C=O) groups is 1. The molecule has 0 aromatic heterocycles. The molecule has 19 heavy (non-hydrogen) atoms. The lowest BCUT2D eigenvalue weighted by Crippen LogP contribution is -2.41. The Bertz CT molecular complexity index is 426. The first-order valence-electron chi connectivity index (χ1n) is 6.46. The van der Waals surface area contributed by atoms with Crippen LogP contribution in [-0.4, -0.2) is 23.5 Å². The molecule has 0 aliphatic rings. The molecule has 0 bridgehead atoms. The Kier molecular flexibility index (Phi) is 5.73. The fourth-order valence-electron chi connectivity index (χ4n) is 1.76. The second-order valence-electron chi connectivity index (χ2n) is 5.72. The molecule has 0 heterocycles. The molecule has 0 saturated carbocycles. The summed E-state index contributed by atoms with van der Waals surface area (Å²) >= 11 is 4.29. The fourth-order valence-corrected chi connectivity index (χ4v) is 1.98. The molecule has 0 radical (unpaired) electrons. The molecule has 4 heteroatoms. The maximum absolute atomic E-state index is 11.7. The smallest absolute Gasteiger partial charge is 0.407 e. The average molecular weight is 281 g/mol. The third kappa shape index (κ3) is 6.53. The van der Waals surface area contributed by atoms with E-state index in [2.05, 4.69) is 43.1 Å². The molecule has 1 aromatic rings. The van der Waals surface area contributed by atoms with E-state index >= 15 is 0 Å². The average Bonchev–Trinajstić information content (AvgIpc) is 2.25. The second kappa shape index (κ2) is 6.85. The van der Waals surface area contributed by atoms with Gasteiger partial charge in [-0.1, -0.05) is 29.8 Å². The van der Waals surface area contributed by atoms with E-state index in [1.54, 1.807) is 0 Å². The lowest BCUT2D eigenvalue weighted by molar-refractivity contribution is 0.0509. The summed E-state index contributed by atoms with van der Waals surface area (Å²) in [6.07, 6.45) is 0.365. The summed E-state index contributed by atoms with van der Waals surface area (Å²) in [6, 6.07) is 8.22. The quantitative estimate of drug-likeness (QED) is 0.831. The molecule has 106 valence electrons. The van der Waals surface area contributed by atoms with Gasteiger partial charge in [0.05, 0.1) is 0 Å². The monoisotopic (exact) mass is 281 g/mol. The Morgan fingerprint density at radius 1 is 1.42 bits per heavy atom. The molecule has 1 N–H and O–H groups in total. The lowest BCUT2D eigenvalue weighted by Gasteiger charge is -2.23. The van der Waals surface area contributed by atoms with Crippen LogP contribution in [0, 0.1) is 6.92 Å². The van der Waals surface area contributed by atoms with Gasteiger partial charge in [0, 0.05) is 11.8 Å². The molecule has 3 nitrogen and oxygen atoms in total. The van der Waals surface area contributed by atoms with Crippen LogP contribution in [0.15, 0.2) is 24.3 Å². The van der Waals surface area contributed by atoms with E-state index < -0.39 is 5.60 Å². The summed E-state index contributed by atoms with van der Waals surface area (Å²) in [7, 11) is 0. The van der Waals surface area contributed by atoms with E-state index in [1.807, 2.05) is 26.8 Å². The maximum atomic E-state index is 11.7. The highest BCUT2D eigenvalue weighted by atomic mass is 32.1. The van der Waals surface area contributed by atoms with Crippen molar-refractivity contribution in [2.75, 3.05) is 5.75 Å². The number of rotatable bonds is 4. The number of alkyl carbamates (subject to hydrolysis) is 1. The minimum atomic E-state index is -0.478. The third-order valence-corrected chi connectivity index (χ3v) is 2.95. The van der Waals surface area contributed by atoms with E-state index in [0.29, 0.717) is 5.75 Å². The first kappa shape index (κ1) is 15.9. The number of nitrogens with one attached hydrogen (secondary N) is 1. The summed E-state index contributed by atoms with van der Waals surface area (Å²) in [4.78, 5) is 11.7. The molecule has 0 spiro atoms. The van der Waals surface area contributed by atoms with Crippen molar-refractivity contribution in [2.24, 2.45) is 0 Å². The number of benzene rings is 1. The van der Waals surface area contributed by atoms with Crippen LogP contribution in [0.3, 0.4) is 0 Å². The molecular weight excluding hydrogens is 258 g/mol. The topological polar surface area (TPSA) is 38.3 Å². The Hall–Kier alpha value is -1.16. The van der Waals surface area contributed by atoms with Crippen LogP contribution in [0.5, 0.6) is 0 Å². The Morgan fingerprint density at radius 2 is 2.11 bits per heavy atom. The van der Waals surface area contributed by atoms with E-state index in [9.17, 15) is 4.79 Å². The van der Waals surface area contributed by atoms with Crippen molar-refractivity contribution in [1.82, 2.24) is 5.32 Å². The van der Waals surface area contributed by atoms with Gasteiger partial charge in [0.2, 0.25) is 0 Å². The normalized spacial score (nSPS) is 12.9. The van der Waals surface area contributed by atoms with Crippen molar-refractivity contribution in [1.29, 1.82) is 0 Å². The molecule has 0 fully saturated rings. The molecule has 0 aliphatic carbocycles. The summed E-state index contributed by atoms with van der Waals surface area (Å²) in [5, 5.41) is 2.85. The summed E-state index contributed by atoms with van der Waals surface area (Å²) in [6.45, 7) is 7.61. The molecule has 1 amide bonds. The number of thiol groups is 1. The van der Waals surface area contributed by atoms with E-state index in [4.69, 9.17) is 4.74 Å². The van der Waals surface area contributed by atoms with Gasteiger partial charge < -0.3 is 10.1 Å². The number of hydrogen-bond acceptors (Lipinski definition) is 3. The largest absolute Gasteiger partial charge is 0.444 e. The molecular formula is C15H23NO2S. The Balaban J connectivity index is 2.57. The van der Waals surface area contributed by atoms with Crippen LogP contribution in [0.25, 0.3) is 0 Å². The number of carbonyl (C=O) groups excluding carboxylic acids is 1. The molecule has 0 saturated heterocycles. The van der Waals surface area contributed by atoms with Crippen molar-refractivity contribution in [3.63, 3.8) is 0 Å². The highest BCUT2D eigenvalue weighted by Crippen LogP contribution is 2.10. The van der Waals surface area contributed by atoms with Gasteiger partial charge in [0.1, 0.15) is 5.60 Å². The zero-order valence-corrected chi connectivity index (χ0v) is 13.0. The Morgan fingerprint density at radius 3 is 2.63 bits per heavy atom. The van der Waals surface area contributed by atoms with Crippen molar-refractivity contribution in [3.8, 4) is 0 Å². The van der Waals surface area contributed by atoms with Crippen molar-refractivity contribution in [3.05, 3.63) is 35.4 Å². The number of aryl methyl sites for hydroxylation is 1. The van der Waals surface area contributed by atoms with Crippen LogP contribution in [-0.2, 0) is 11.2 Å². The second-order valence-corrected chi connectivity index (χ2v) is 6.08. The van der Waals surface area contributed by atoms with Gasteiger partial charge in [-0.3, -0.25) is 0 Å². The van der Waals surface area contributed by atoms with Gasteiger partial charge in [-0.2, -0.15) is 12.6 Å². The van der Waals surface area contributed by atoms with Crippen molar-refractivity contribution >= 4 is 18.7 Å². The third-order valence-electron chi connectivity index (χ3n) is 2.51. The molecule has 0 aliphatic heterocycles. The van der Waals surface area contributed by atoms with Gasteiger partial charge in [-0.25, -0.2) is 4.79 Å². The number of ether oxygens (including phenoxy) is 1. The highest BCUT2D eigenvalue weighted by Gasteiger charge is 2.19. The van der Waals surface area contributed by atoms with Crippen LogP contribution < -0.4 is 5.32 Å². The standard InChI is InChI=1S/C15H23NO2S/c1-11-6-5-7-12(8-11)9-13(10-19)16-14(17)18-15(2,3)4/h5-8,13,19H,9-10H2,1-4H3,(H,16,17). The van der Waals surface area contributed by atoms with Crippen LogP contribution in [0.2, 0.25) is 0 Å². The van der Waals surface area contributed by atoms with E-state index in [-0.39, 0.29) is 12.1 Å². The molecule has 1 atom stereocenters. The van der Waals surface area contributed by atoms with E-state index in [0.717, 1.165) is 6.42 Å². The van der Waals surface area contributed by atoms with Crippen molar-refractivity contribution < 1.29 is 9.53 Å². The van der Waals surface area contributed by atoms with Gasteiger partial charge >= 0.3 is 6.09 Å². The first-order valence-corrected chi connectivity index (χ1v) is 7.09. The zero-order chi connectivity index (χ0) is 14.5. The minimum Gasteiger partial charge on any atom is -0.444 e. The minimum absolute atomic E-state index is 0.0278. The molecule has 1 unspecified atom stereocenters. The maximum Gasteiger partial charge on any atom is 0.407 e. The van der Waals surface area contributed by atoms with Gasteiger partial charge in [0.15, 0.2) is 0 Å². The van der Waals surface area contributed by atoms with Gasteiger partial charge in [0.25, 0.3) is 0 Å². The SMILES string of the molecule is Cc1cccc(CC(CS)NC(=O)OC(C)(C)C)c1. The van der Waals surface area contributed by atoms with Gasteiger partial charge in [-0.05, 0) is 39.7 Å². The van der Waals surface area contributed by atoms with E-state index in [1.165, 1.54) is 11.1 Å². The van der Waals surface area contributed by atoms with Gasteiger partial charge in [-0.15, -0.1) is 0 Å². The van der Waals surface area contributed by atoms with Crippen molar-refractivity contribution in [2.45, 2.75) is 45.8 Å². The predicted octanol–water partition coefficient (Wildman–Crippen LogP) is 3.36. The van der Waals surface area contributed by atoms with Crippen LogP contribution >= 0.6 is 12.6 Å². The first-order chi connectivity index (χ1) is 8.80. The predicted molar refractivity (Wildman–Crippen MR) is 81.9 cm³/mol. The van der Waals surface area contributed by atoms with Crippen LogP contribution in [0.1, 0.15) is 31.9 Å².